The van der Waals surface area contributed by atoms with E-state index in [0.717, 1.165) is 21.9 Å². The van der Waals surface area contributed by atoms with Gasteiger partial charge < -0.3 is 4.42 Å². The molecule has 2 aromatic heterocycles. The first kappa shape index (κ1) is 21.9. The van der Waals surface area contributed by atoms with Crippen molar-refractivity contribution in [2.24, 2.45) is 7.05 Å². The fourth-order valence-electron chi connectivity index (χ4n) is 3.97. The van der Waals surface area contributed by atoms with Crippen LogP contribution in [0.3, 0.4) is 0 Å². The first-order valence-electron chi connectivity index (χ1n) is 10.8. The highest BCUT2D eigenvalue weighted by atomic mass is 32.2. The topological polar surface area (TPSA) is 82.9 Å². The lowest BCUT2D eigenvalue weighted by molar-refractivity contribution is 0.528. The maximum Gasteiger partial charge on any atom is 0.331 e. The number of hydrogen-bond donors (Lipinski definition) is 0. The van der Waals surface area contributed by atoms with Crippen molar-refractivity contribution < 1.29 is 4.42 Å². The minimum absolute atomic E-state index is 0.232. The van der Waals surface area contributed by atoms with Gasteiger partial charge in [-0.05, 0) is 29.3 Å². The average Bonchev–Trinajstić information content (AvgIpc) is 3.34. The molecule has 0 aliphatic heterocycles. The maximum atomic E-state index is 13.0. The zero-order chi connectivity index (χ0) is 23.7. The van der Waals surface area contributed by atoms with E-state index in [1.807, 2.05) is 72.8 Å². The minimum atomic E-state index is -0.357. The van der Waals surface area contributed by atoms with Gasteiger partial charge in [-0.2, -0.15) is 0 Å². The van der Waals surface area contributed by atoms with Crippen LogP contribution in [0.5, 0.6) is 0 Å². The highest BCUT2D eigenvalue weighted by Crippen LogP contribution is 2.29. The van der Waals surface area contributed by atoms with Gasteiger partial charge in [0.25, 0.3) is 5.56 Å². The summed E-state index contributed by atoms with van der Waals surface area (Å²) < 4.78 is 8.70. The number of hydrogen-bond acceptors (Lipinski definition) is 6. The predicted molar refractivity (Wildman–Crippen MR) is 133 cm³/mol. The van der Waals surface area contributed by atoms with E-state index in [1.165, 1.54) is 20.9 Å². The lowest BCUT2D eigenvalue weighted by Gasteiger charge is -2.14. The third kappa shape index (κ3) is 4.08. The van der Waals surface area contributed by atoms with Crippen molar-refractivity contribution in [3.8, 4) is 11.5 Å². The van der Waals surface area contributed by atoms with Gasteiger partial charge in [-0.3, -0.25) is 13.9 Å². The van der Waals surface area contributed by atoms with Crippen LogP contribution in [0.1, 0.15) is 17.0 Å². The number of nitrogens with zero attached hydrogens (tertiary/aromatic N) is 4. The van der Waals surface area contributed by atoms with E-state index in [4.69, 9.17) is 4.42 Å². The molecule has 7 nitrogen and oxygen atoms in total. The quantitative estimate of drug-likeness (QED) is 0.270. The van der Waals surface area contributed by atoms with Crippen molar-refractivity contribution in [3.63, 3.8) is 0 Å². The van der Waals surface area contributed by atoms with Crippen molar-refractivity contribution in [1.82, 2.24) is 19.3 Å². The molecule has 0 saturated heterocycles. The molecule has 34 heavy (non-hydrogen) atoms. The Morgan fingerprint density at radius 1 is 0.912 bits per heavy atom. The highest BCUT2D eigenvalue weighted by molar-refractivity contribution is 7.98. The summed E-state index contributed by atoms with van der Waals surface area (Å²) in [7, 11) is 1.67. The number of fused-ring (bicyclic) bond motifs is 1. The van der Waals surface area contributed by atoms with Gasteiger partial charge >= 0.3 is 5.69 Å². The van der Waals surface area contributed by atoms with Crippen LogP contribution >= 0.6 is 11.8 Å². The Bertz CT molecular complexity index is 1560. The van der Waals surface area contributed by atoms with Crippen LogP contribution in [-0.4, -0.2) is 19.3 Å². The van der Waals surface area contributed by atoms with Gasteiger partial charge in [0.05, 0.1) is 17.3 Å². The van der Waals surface area contributed by atoms with Crippen LogP contribution in [0.4, 0.5) is 0 Å². The zero-order valence-electron chi connectivity index (χ0n) is 18.8. The number of thioether (sulfide) groups is 1. The van der Waals surface area contributed by atoms with Crippen molar-refractivity contribution in [3.05, 3.63) is 111 Å². The fourth-order valence-corrected chi connectivity index (χ4v) is 4.93. The van der Waals surface area contributed by atoms with Crippen molar-refractivity contribution >= 4 is 22.5 Å². The monoisotopic (exact) mass is 470 g/mol. The van der Waals surface area contributed by atoms with E-state index >= 15 is 0 Å². The Morgan fingerprint density at radius 2 is 1.65 bits per heavy atom. The summed E-state index contributed by atoms with van der Waals surface area (Å²) in [5.41, 5.74) is 1.62. The van der Waals surface area contributed by atoms with Gasteiger partial charge in [0.1, 0.15) is 0 Å². The predicted octanol–water partition coefficient (Wildman–Crippen LogP) is 4.40. The van der Waals surface area contributed by atoms with E-state index in [-0.39, 0.29) is 17.8 Å². The van der Waals surface area contributed by atoms with E-state index in [1.54, 1.807) is 14.0 Å². The number of aromatic nitrogens is 4. The third-order valence-electron chi connectivity index (χ3n) is 5.71. The molecule has 0 amide bonds. The molecule has 0 unspecified atom stereocenters. The molecule has 0 saturated carbocycles. The fraction of sp³-hybridized carbons (Fsp3) is 0.154. The van der Waals surface area contributed by atoms with E-state index < -0.39 is 0 Å². The summed E-state index contributed by atoms with van der Waals surface area (Å²) in [5.74, 6) is 1.21. The Kier molecular flexibility index (Phi) is 5.90. The second-order valence-corrected chi connectivity index (χ2v) is 8.93. The average molecular weight is 471 g/mol. The summed E-state index contributed by atoms with van der Waals surface area (Å²) in [6.45, 7) is 1.97. The zero-order valence-corrected chi connectivity index (χ0v) is 19.6. The number of benzene rings is 3. The molecule has 0 aliphatic carbocycles. The first-order valence-corrected chi connectivity index (χ1v) is 11.8. The van der Waals surface area contributed by atoms with Gasteiger partial charge in [0, 0.05) is 18.2 Å². The summed E-state index contributed by atoms with van der Waals surface area (Å²) in [4.78, 5) is 25.9. The summed E-state index contributed by atoms with van der Waals surface area (Å²) in [6.07, 6.45) is 0. The standard InChI is InChI=1S/C26H22N4O3S/c1-17-24(31)30(15-18-9-4-3-5-10-18)26(32)29(2)25(17)34-16-22-27-28-23(33-22)21-14-8-12-19-11-6-7-13-20(19)21/h3-14H,15-16H2,1-2H3. The van der Waals surface area contributed by atoms with Gasteiger partial charge in [0.2, 0.25) is 11.8 Å². The Hall–Kier alpha value is -3.91. The maximum absolute atomic E-state index is 13.0. The molecule has 5 aromatic rings. The Labute approximate surface area is 199 Å². The molecule has 0 N–H and O–H groups in total. The largest absolute Gasteiger partial charge is 0.420 e. The number of rotatable bonds is 6. The molecule has 170 valence electrons. The molecule has 0 radical (unpaired) electrons. The van der Waals surface area contributed by atoms with Crippen LogP contribution in [0, 0.1) is 6.92 Å². The van der Waals surface area contributed by atoms with Gasteiger partial charge in [0.15, 0.2) is 0 Å². The van der Waals surface area contributed by atoms with Gasteiger partial charge in [-0.25, -0.2) is 4.79 Å². The van der Waals surface area contributed by atoms with E-state index in [9.17, 15) is 9.59 Å². The molecule has 3 aromatic carbocycles. The molecular weight excluding hydrogens is 448 g/mol. The molecule has 0 spiro atoms. The molecular formula is C26H22N4O3S. The van der Waals surface area contributed by atoms with Crippen LogP contribution in [0.25, 0.3) is 22.2 Å². The van der Waals surface area contributed by atoms with Crippen molar-refractivity contribution in [2.45, 2.75) is 24.2 Å². The minimum Gasteiger partial charge on any atom is -0.420 e. The van der Waals surface area contributed by atoms with Crippen LogP contribution in [0.2, 0.25) is 0 Å². The van der Waals surface area contributed by atoms with E-state index in [0.29, 0.717) is 28.1 Å². The van der Waals surface area contributed by atoms with Crippen LogP contribution in [-0.2, 0) is 19.3 Å². The molecule has 0 bridgehead atoms. The van der Waals surface area contributed by atoms with Crippen molar-refractivity contribution in [2.75, 3.05) is 0 Å². The lowest BCUT2D eigenvalue weighted by atomic mass is 10.0. The normalized spacial score (nSPS) is 11.2. The van der Waals surface area contributed by atoms with Gasteiger partial charge in [-0.15, -0.1) is 10.2 Å². The molecule has 0 atom stereocenters. The first-order chi connectivity index (χ1) is 16.5. The highest BCUT2D eigenvalue weighted by Gasteiger charge is 2.17. The summed E-state index contributed by atoms with van der Waals surface area (Å²) in [6, 6.07) is 23.4. The van der Waals surface area contributed by atoms with Crippen LogP contribution < -0.4 is 11.2 Å². The second-order valence-electron chi connectivity index (χ2n) is 7.96. The SMILES string of the molecule is Cc1c(SCc2nnc(-c3cccc4ccccc34)o2)n(C)c(=O)n(Cc2ccccc2)c1=O. The lowest BCUT2D eigenvalue weighted by Crippen LogP contribution is -2.41. The molecule has 2 heterocycles. The molecule has 5 rings (SSSR count). The van der Waals surface area contributed by atoms with Crippen LogP contribution in [0.15, 0.2) is 91.8 Å². The molecule has 0 aliphatic rings. The summed E-state index contributed by atoms with van der Waals surface area (Å²) >= 11 is 1.34. The van der Waals surface area contributed by atoms with Gasteiger partial charge in [-0.1, -0.05) is 78.5 Å². The molecule has 0 fully saturated rings. The Morgan fingerprint density at radius 3 is 2.47 bits per heavy atom. The summed E-state index contributed by atoms with van der Waals surface area (Å²) in [5, 5.41) is 11.1. The Balaban J connectivity index is 1.40. The smallest absolute Gasteiger partial charge is 0.331 e. The third-order valence-corrected chi connectivity index (χ3v) is 6.96. The second kappa shape index (κ2) is 9.15. The molecule has 8 heteroatoms. The van der Waals surface area contributed by atoms with E-state index in [2.05, 4.69) is 10.2 Å². The van der Waals surface area contributed by atoms with Crippen molar-refractivity contribution in [1.29, 1.82) is 0 Å².